The Labute approximate surface area is 113 Å². The van der Waals surface area contributed by atoms with Gasteiger partial charge in [0.25, 0.3) is 0 Å². The summed E-state index contributed by atoms with van der Waals surface area (Å²) in [6, 6.07) is 0.176. The summed E-state index contributed by atoms with van der Waals surface area (Å²) in [6.07, 6.45) is 0.908. The summed E-state index contributed by atoms with van der Waals surface area (Å²) in [5.41, 5.74) is 8.18. The number of rotatable bonds is 3. The third kappa shape index (κ3) is 2.73. The zero-order chi connectivity index (χ0) is 14.0. The molecule has 0 aromatic carbocycles. The van der Waals surface area contributed by atoms with Gasteiger partial charge >= 0.3 is 0 Å². The molecule has 106 valence electrons. The van der Waals surface area contributed by atoms with E-state index in [-0.39, 0.29) is 18.5 Å². The molecule has 1 aliphatic heterocycles. The Balaban J connectivity index is 2.09. The number of nitrogens with zero attached hydrogens (tertiary/aromatic N) is 3. The monoisotopic (exact) mass is 266 g/mol. The Hall–Kier alpha value is -1.56. The number of aryl methyl sites for hydroxylation is 1. The number of ether oxygens (including phenoxy) is 1. The maximum Gasteiger partial charge on any atom is 0.244 e. The van der Waals surface area contributed by atoms with Crippen LogP contribution in [-0.4, -0.2) is 46.4 Å². The molecular weight excluding hydrogens is 244 g/mol. The van der Waals surface area contributed by atoms with Crippen LogP contribution in [0.15, 0.2) is 0 Å². The number of hydrogen-bond acceptors (Lipinski definition) is 4. The fourth-order valence-corrected chi connectivity index (χ4v) is 2.41. The van der Waals surface area contributed by atoms with Crippen LogP contribution in [0.4, 0.5) is 5.69 Å². The fraction of sp³-hybridized carbons (Fsp3) is 0.692. The van der Waals surface area contributed by atoms with E-state index >= 15 is 0 Å². The highest BCUT2D eigenvalue weighted by molar-refractivity contribution is 5.76. The number of carbonyl (C=O) groups excluding carboxylic acids is 1. The Kier molecular flexibility index (Phi) is 4.09. The van der Waals surface area contributed by atoms with Crippen molar-refractivity contribution in [1.82, 2.24) is 14.7 Å². The quantitative estimate of drug-likeness (QED) is 0.875. The van der Waals surface area contributed by atoms with Crippen LogP contribution >= 0.6 is 0 Å². The van der Waals surface area contributed by atoms with Crippen LogP contribution in [0.2, 0.25) is 0 Å². The topological polar surface area (TPSA) is 73.4 Å². The van der Waals surface area contributed by atoms with E-state index < -0.39 is 0 Å². The minimum atomic E-state index is 0.0840. The first-order valence-electron chi connectivity index (χ1n) is 6.71. The Bertz CT molecular complexity index is 469. The highest BCUT2D eigenvalue weighted by Gasteiger charge is 2.26. The second-order valence-corrected chi connectivity index (χ2v) is 4.97. The summed E-state index contributed by atoms with van der Waals surface area (Å²) < 4.78 is 7.10. The molecule has 1 aromatic rings. The number of nitrogens with two attached hydrogens (primary N) is 1. The number of carbonyl (C=O) groups is 1. The normalized spacial score (nSPS) is 19.7. The van der Waals surface area contributed by atoms with Crippen molar-refractivity contribution in [2.24, 2.45) is 0 Å². The van der Waals surface area contributed by atoms with Gasteiger partial charge in [-0.25, -0.2) is 0 Å². The summed E-state index contributed by atoms with van der Waals surface area (Å²) in [6.45, 7) is 7.96. The second-order valence-electron chi connectivity index (χ2n) is 4.97. The molecule has 0 spiro atoms. The van der Waals surface area contributed by atoms with Gasteiger partial charge in [0.15, 0.2) is 0 Å². The smallest absolute Gasteiger partial charge is 0.244 e. The maximum atomic E-state index is 12.4. The third-order valence-corrected chi connectivity index (χ3v) is 3.74. The number of anilines is 1. The van der Waals surface area contributed by atoms with E-state index in [0.717, 1.165) is 17.8 Å². The van der Waals surface area contributed by atoms with Crippen LogP contribution < -0.4 is 5.73 Å². The molecule has 1 amide bonds. The number of amides is 1. The molecule has 2 N–H and O–H groups in total. The summed E-state index contributed by atoms with van der Waals surface area (Å²) in [5, 5.41) is 4.31. The van der Waals surface area contributed by atoms with Crippen LogP contribution in [0.3, 0.4) is 0 Å². The van der Waals surface area contributed by atoms with Crippen molar-refractivity contribution in [3.05, 3.63) is 11.4 Å². The molecule has 0 aliphatic carbocycles. The molecule has 0 saturated carbocycles. The van der Waals surface area contributed by atoms with Gasteiger partial charge in [0.2, 0.25) is 5.91 Å². The second kappa shape index (κ2) is 5.61. The van der Waals surface area contributed by atoms with E-state index in [1.807, 2.05) is 18.7 Å². The predicted octanol–water partition coefficient (Wildman–Crippen LogP) is 0.720. The van der Waals surface area contributed by atoms with Gasteiger partial charge in [-0.1, -0.05) is 6.92 Å². The van der Waals surface area contributed by atoms with Crippen LogP contribution in [-0.2, 0) is 16.1 Å². The summed E-state index contributed by atoms with van der Waals surface area (Å²) in [5.74, 6) is 0.0840. The van der Waals surface area contributed by atoms with E-state index in [4.69, 9.17) is 10.5 Å². The van der Waals surface area contributed by atoms with Crippen molar-refractivity contribution in [1.29, 1.82) is 0 Å². The van der Waals surface area contributed by atoms with Gasteiger partial charge < -0.3 is 15.4 Å². The lowest BCUT2D eigenvalue weighted by atomic mass is 10.2. The van der Waals surface area contributed by atoms with E-state index in [1.54, 1.807) is 4.68 Å². The van der Waals surface area contributed by atoms with Gasteiger partial charge in [0.1, 0.15) is 6.54 Å². The number of aromatic nitrogens is 2. The van der Waals surface area contributed by atoms with Crippen LogP contribution in [0.5, 0.6) is 0 Å². The van der Waals surface area contributed by atoms with Crippen LogP contribution in [0.25, 0.3) is 0 Å². The highest BCUT2D eigenvalue weighted by Crippen LogP contribution is 2.16. The lowest BCUT2D eigenvalue weighted by Gasteiger charge is -2.35. The molecule has 1 fully saturated rings. The van der Waals surface area contributed by atoms with Gasteiger partial charge in [0, 0.05) is 6.54 Å². The Morgan fingerprint density at radius 2 is 2.26 bits per heavy atom. The molecule has 1 saturated heterocycles. The number of morpholine rings is 1. The molecule has 19 heavy (non-hydrogen) atoms. The average Bonchev–Trinajstić information content (AvgIpc) is 2.66. The first kappa shape index (κ1) is 13.9. The fourth-order valence-electron chi connectivity index (χ4n) is 2.41. The molecule has 1 unspecified atom stereocenters. The Morgan fingerprint density at radius 1 is 1.53 bits per heavy atom. The van der Waals surface area contributed by atoms with Gasteiger partial charge in [-0.15, -0.1) is 0 Å². The molecule has 1 atom stereocenters. The third-order valence-electron chi connectivity index (χ3n) is 3.74. The molecule has 2 heterocycles. The van der Waals surface area contributed by atoms with Gasteiger partial charge in [-0.05, 0) is 20.3 Å². The van der Waals surface area contributed by atoms with Crippen molar-refractivity contribution in [2.45, 2.75) is 39.8 Å². The lowest BCUT2D eigenvalue weighted by molar-refractivity contribution is -0.140. The van der Waals surface area contributed by atoms with E-state index in [9.17, 15) is 4.79 Å². The zero-order valence-corrected chi connectivity index (χ0v) is 11.8. The molecule has 1 aromatic heterocycles. The summed E-state index contributed by atoms with van der Waals surface area (Å²) >= 11 is 0. The minimum absolute atomic E-state index is 0.0840. The SMILES string of the molecule is CCC1COCCN1C(=O)Cn1nc(C)c(N)c1C. The van der Waals surface area contributed by atoms with Gasteiger partial charge in [-0.3, -0.25) is 9.48 Å². The van der Waals surface area contributed by atoms with Gasteiger partial charge in [0.05, 0.1) is 36.3 Å². The zero-order valence-electron chi connectivity index (χ0n) is 11.8. The van der Waals surface area contributed by atoms with Crippen molar-refractivity contribution in [2.75, 3.05) is 25.5 Å². The maximum absolute atomic E-state index is 12.4. The van der Waals surface area contributed by atoms with Crippen molar-refractivity contribution in [3.8, 4) is 0 Å². The summed E-state index contributed by atoms with van der Waals surface area (Å²) in [4.78, 5) is 14.3. The molecule has 0 radical (unpaired) electrons. The standard InChI is InChI=1S/C13H22N4O2/c1-4-11-8-19-6-5-16(11)12(18)7-17-10(3)13(14)9(2)15-17/h11H,4-8,14H2,1-3H3. The minimum Gasteiger partial charge on any atom is -0.396 e. The highest BCUT2D eigenvalue weighted by atomic mass is 16.5. The number of nitrogen functional groups attached to an aromatic ring is 1. The average molecular weight is 266 g/mol. The number of hydrogen-bond donors (Lipinski definition) is 1. The molecular formula is C13H22N4O2. The first-order valence-corrected chi connectivity index (χ1v) is 6.71. The van der Waals surface area contributed by atoms with Crippen molar-refractivity contribution >= 4 is 11.6 Å². The van der Waals surface area contributed by atoms with E-state index in [2.05, 4.69) is 12.0 Å². The van der Waals surface area contributed by atoms with E-state index in [0.29, 0.717) is 25.4 Å². The van der Waals surface area contributed by atoms with Gasteiger partial charge in [-0.2, -0.15) is 5.10 Å². The molecule has 0 bridgehead atoms. The molecule has 6 nitrogen and oxygen atoms in total. The molecule has 2 rings (SSSR count). The predicted molar refractivity (Wildman–Crippen MR) is 72.7 cm³/mol. The molecule has 6 heteroatoms. The van der Waals surface area contributed by atoms with Crippen LogP contribution in [0, 0.1) is 13.8 Å². The largest absolute Gasteiger partial charge is 0.396 e. The Morgan fingerprint density at radius 3 is 2.84 bits per heavy atom. The van der Waals surface area contributed by atoms with Crippen molar-refractivity contribution < 1.29 is 9.53 Å². The molecule has 1 aliphatic rings. The van der Waals surface area contributed by atoms with Crippen molar-refractivity contribution in [3.63, 3.8) is 0 Å². The van der Waals surface area contributed by atoms with Crippen LogP contribution in [0.1, 0.15) is 24.7 Å². The lowest BCUT2D eigenvalue weighted by Crippen LogP contribution is -2.49. The van der Waals surface area contributed by atoms with E-state index in [1.165, 1.54) is 0 Å². The summed E-state index contributed by atoms with van der Waals surface area (Å²) in [7, 11) is 0. The first-order chi connectivity index (χ1) is 9.04.